The topological polar surface area (TPSA) is 96.9 Å². The second kappa shape index (κ2) is 4.15. The number of rotatable bonds is 3. The number of nitrogens with one attached hydrogen (secondary N) is 2. The molecule has 82 valence electrons. The maximum Gasteiger partial charge on any atom is 0.292 e. The van der Waals surface area contributed by atoms with Gasteiger partial charge in [-0.25, -0.2) is 0 Å². The summed E-state index contributed by atoms with van der Waals surface area (Å²) in [5, 5.41) is 8.88. The summed E-state index contributed by atoms with van der Waals surface area (Å²) in [6, 6.07) is 3.17. The number of aromatic nitrogens is 2. The Morgan fingerprint density at radius 2 is 2.44 bits per heavy atom. The molecule has 2 aromatic rings. The summed E-state index contributed by atoms with van der Waals surface area (Å²) in [5.74, 6) is 0.157. The lowest BCUT2D eigenvalue weighted by Gasteiger charge is -2.02. The molecule has 16 heavy (non-hydrogen) atoms. The van der Waals surface area contributed by atoms with Crippen LogP contribution in [0, 0.1) is 0 Å². The third-order valence-electron chi connectivity index (χ3n) is 1.89. The number of thiocarbonyl (C=S) groups is 1. The third kappa shape index (κ3) is 1.94. The van der Waals surface area contributed by atoms with Gasteiger partial charge < -0.3 is 15.5 Å². The highest BCUT2D eigenvalue weighted by molar-refractivity contribution is 7.80. The molecule has 2 aromatic heterocycles. The van der Waals surface area contributed by atoms with Gasteiger partial charge in [-0.15, -0.1) is 0 Å². The van der Waals surface area contributed by atoms with Gasteiger partial charge in [0.15, 0.2) is 5.76 Å². The molecule has 0 saturated carbocycles. The molecule has 7 heteroatoms. The Labute approximate surface area is 95.8 Å². The van der Waals surface area contributed by atoms with Crippen LogP contribution in [0.4, 0.5) is 5.82 Å². The van der Waals surface area contributed by atoms with Crippen molar-refractivity contribution in [2.24, 2.45) is 5.73 Å². The Hall–Kier alpha value is -2.15. The van der Waals surface area contributed by atoms with E-state index in [9.17, 15) is 4.79 Å². The summed E-state index contributed by atoms with van der Waals surface area (Å²) in [6.45, 7) is 0. The van der Waals surface area contributed by atoms with Gasteiger partial charge in [0.1, 0.15) is 10.8 Å². The number of amides is 1. The van der Waals surface area contributed by atoms with Gasteiger partial charge in [0.2, 0.25) is 0 Å². The van der Waals surface area contributed by atoms with Crippen molar-refractivity contribution in [1.82, 2.24) is 10.2 Å². The molecule has 0 aromatic carbocycles. The van der Waals surface area contributed by atoms with Crippen LogP contribution < -0.4 is 11.1 Å². The molecule has 0 bridgehead atoms. The fourth-order valence-corrected chi connectivity index (χ4v) is 1.31. The molecule has 0 aliphatic carbocycles. The predicted octanol–water partition coefficient (Wildman–Crippen LogP) is 0.889. The van der Waals surface area contributed by atoms with E-state index in [-0.39, 0.29) is 10.7 Å². The lowest BCUT2D eigenvalue weighted by molar-refractivity contribution is 0.0996. The van der Waals surface area contributed by atoms with Crippen molar-refractivity contribution in [3.63, 3.8) is 0 Å². The minimum atomic E-state index is -0.397. The molecule has 0 fully saturated rings. The summed E-state index contributed by atoms with van der Waals surface area (Å²) < 4.78 is 4.93. The zero-order valence-corrected chi connectivity index (χ0v) is 8.88. The quantitative estimate of drug-likeness (QED) is 0.687. The number of anilines is 1. The van der Waals surface area contributed by atoms with E-state index in [0.29, 0.717) is 11.4 Å². The molecular weight excluding hydrogens is 228 g/mol. The molecule has 0 aliphatic heterocycles. The highest BCUT2D eigenvalue weighted by Gasteiger charge is 2.13. The number of carbonyl (C=O) groups is 1. The van der Waals surface area contributed by atoms with E-state index in [1.54, 1.807) is 12.1 Å². The van der Waals surface area contributed by atoms with Crippen LogP contribution in [0.15, 0.2) is 29.0 Å². The number of nitrogens with two attached hydrogens (primary N) is 1. The Balaban J connectivity index is 2.18. The fourth-order valence-electron chi connectivity index (χ4n) is 1.15. The number of hydrogen-bond donors (Lipinski definition) is 3. The number of carbonyl (C=O) groups excluding carboxylic acids is 1. The van der Waals surface area contributed by atoms with Crippen molar-refractivity contribution in [2.45, 2.75) is 0 Å². The van der Waals surface area contributed by atoms with Gasteiger partial charge in [0.25, 0.3) is 5.91 Å². The first-order chi connectivity index (χ1) is 7.68. The molecule has 2 heterocycles. The maximum atomic E-state index is 11.6. The van der Waals surface area contributed by atoms with Crippen molar-refractivity contribution < 1.29 is 9.21 Å². The summed E-state index contributed by atoms with van der Waals surface area (Å²) in [4.78, 5) is 11.8. The molecule has 0 atom stereocenters. The predicted molar refractivity (Wildman–Crippen MR) is 61.1 cm³/mol. The second-order valence-corrected chi connectivity index (χ2v) is 3.39. The minimum Gasteiger partial charge on any atom is -0.459 e. The van der Waals surface area contributed by atoms with Crippen LogP contribution in [-0.2, 0) is 0 Å². The zero-order chi connectivity index (χ0) is 11.5. The van der Waals surface area contributed by atoms with Crippen molar-refractivity contribution >= 4 is 28.9 Å². The summed E-state index contributed by atoms with van der Waals surface area (Å²) in [6.07, 6.45) is 2.86. The molecule has 6 nitrogen and oxygen atoms in total. The smallest absolute Gasteiger partial charge is 0.292 e. The molecule has 0 saturated heterocycles. The Morgan fingerprint density at radius 3 is 3.06 bits per heavy atom. The van der Waals surface area contributed by atoms with E-state index in [1.165, 1.54) is 12.5 Å². The van der Waals surface area contributed by atoms with Crippen LogP contribution in [-0.4, -0.2) is 21.1 Å². The van der Waals surface area contributed by atoms with Crippen LogP contribution in [0.1, 0.15) is 16.1 Å². The van der Waals surface area contributed by atoms with Crippen LogP contribution >= 0.6 is 12.2 Å². The third-order valence-corrected chi connectivity index (χ3v) is 2.11. The van der Waals surface area contributed by atoms with Crippen molar-refractivity contribution in [3.8, 4) is 0 Å². The van der Waals surface area contributed by atoms with E-state index >= 15 is 0 Å². The normalized spacial score (nSPS) is 10.0. The average Bonchev–Trinajstić information content (AvgIpc) is 2.86. The summed E-state index contributed by atoms with van der Waals surface area (Å²) >= 11 is 4.80. The van der Waals surface area contributed by atoms with Gasteiger partial charge in [-0.05, 0) is 12.1 Å². The van der Waals surface area contributed by atoms with Crippen LogP contribution in [0.25, 0.3) is 0 Å². The second-order valence-electron chi connectivity index (χ2n) is 2.95. The first-order valence-electron chi connectivity index (χ1n) is 4.36. The molecule has 0 aliphatic rings. The standard InChI is InChI=1S/C9H8N4O2S/c10-7(16)5-4-11-13-8(5)12-9(14)6-2-1-3-15-6/h1-4H,(H2,10,16)(H2,11,12,13,14). The lowest BCUT2D eigenvalue weighted by atomic mass is 10.3. The number of furan rings is 1. The zero-order valence-electron chi connectivity index (χ0n) is 8.06. The van der Waals surface area contributed by atoms with Crippen molar-refractivity contribution in [2.75, 3.05) is 5.32 Å². The maximum absolute atomic E-state index is 11.6. The first kappa shape index (κ1) is 10.4. The monoisotopic (exact) mass is 236 g/mol. The van der Waals surface area contributed by atoms with Gasteiger partial charge in [-0.1, -0.05) is 12.2 Å². The van der Waals surface area contributed by atoms with Gasteiger partial charge in [-0.3, -0.25) is 9.89 Å². The molecule has 1 amide bonds. The van der Waals surface area contributed by atoms with Crippen LogP contribution in [0.2, 0.25) is 0 Å². The van der Waals surface area contributed by atoms with Crippen LogP contribution in [0.5, 0.6) is 0 Å². The molecule has 0 unspecified atom stereocenters. The van der Waals surface area contributed by atoms with Crippen molar-refractivity contribution in [1.29, 1.82) is 0 Å². The van der Waals surface area contributed by atoms with E-state index < -0.39 is 5.91 Å². The highest BCUT2D eigenvalue weighted by Crippen LogP contribution is 2.12. The largest absolute Gasteiger partial charge is 0.459 e. The van der Waals surface area contributed by atoms with E-state index in [0.717, 1.165) is 0 Å². The lowest BCUT2D eigenvalue weighted by Crippen LogP contribution is -2.16. The molecule has 4 N–H and O–H groups in total. The molecule has 2 rings (SSSR count). The summed E-state index contributed by atoms with van der Waals surface area (Å²) in [5.41, 5.74) is 5.93. The average molecular weight is 236 g/mol. The van der Waals surface area contributed by atoms with Gasteiger partial charge in [-0.2, -0.15) is 5.10 Å². The van der Waals surface area contributed by atoms with E-state index in [1.807, 2.05) is 0 Å². The number of nitrogens with zero attached hydrogens (tertiary/aromatic N) is 1. The Kier molecular flexibility index (Phi) is 2.69. The SMILES string of the molecule is NC(=S)c1cn[nH]c1NC(=O)c1ccco1. The summed E-state index contributed by atoms with van der Waals surface area (Å²) in [7, 11) is 0. The highest BCUT2D eigenvalue weighted by atomic mass is 32.1. The number of hydrogen-bond acceptors (Lipinski definition) is 4. The van der Waals surface area contributed by atoms with Crippen LogP contribution in [0.3, 0.4) is 0 Å². The molecule has 0 radical (unpaired) electrons. The van der Waals surface area contributed by atoms with Gasteiger partial charge in [0.05, 0.1) is 18.0 Å². The van der Waals surface area contributed by atoms with Gasteiger partial charge in [0, 0.05) is 0 Å². The molecular formula is C9H8N4O2S. The van der Waals surface area contributed by atoms with E-state index in [4.69, 9.17) is 22.4 Å². The van der Waals surface area contributed by atoms with E-state index in [2.05, 4.69) is 15.5 Å². The number of aromatic amines is 1. The molecule has 0 spiro atoms. The Morgan fingerprint density at radius 1 is 1.62 bits per heavy atom. The Bertz CT molecular complexity index is 517. The number of H-pyrrole nitrogens is 1. The van der Waals surface area contributed by atoms with Crippen molar-refractivity contribution in [3.05, 3.63) is 35.9 Å². The minimum absolute atomic E-state index is 0.156. The fraction of sp³-hybridized carbons (Fsp3) is 0. The first-order valence-corrected chi connectivity index (χ1v) is 4.77. The van der Waals surface area contributed by atoms with Gasteiger partial charge >= 0.3 is 0 Å².